The van der Waals surface area contributed by atoms with Gasteiger partial charge in [-0.15, -0.1) is 22.7 Å². The second kappa shape index (κ2) is 4.81. The number of thiophene rings is 2. The fourth-order valence-electron chi connectivity index (χ4n) is 2.09. The lowest BCUT2D eigenvalue weighted by molar-refractivity contribution is 0.00388. The van der Waals surface area contributed by atoms with E-state index in [9.17, 15) is 4.79 Å². The second-order valence-electron chi connectivity index (χ2n) is 4.29. The molecule has 3 nitrogen and oxygen atoms in total. The summed E-state index contributed by atoms with van der Waals surface area (Å²) in [6, 6.07) is 2.08. The average molecular weight is 302 g/mol. The lowest BCUT2D eigenvalue weighted by Gasteiger charge is -2.33. The Morgan fingerprint density at radius 3 is 3.17 bits per heavy atom. The predicted molar refractivity (Wildman–Crippen MR) is 76.0 cm³/mol. The highest BCUT2D eigenvalue weighted by Crippen LogP contribution is 2.39. The summed E-state index contributed by atoms with van der Waals surface area (Å²) in [5, 5.41) is 3.59. The smallest absolute Gasteiger partial charge is 0.265 e. The maximum Gasteiger partial charge on any atom is 0.265 e. The first-order chi connectivity index (χ1) is 8.68. The molecule has 0 bridgehead atoms. The third-order valence-electron chi connectivity index (χ3n) is 3.08. The molecule has 96 valence electrons. The molecule has 6 heteroatoms. The maximum atomic E-state index is 12.5. The van der Waals surface area contributed by atoms with Crippen LogP contribution in [-0.4, -0.2) is 36.6 Å². The summed E-state index contributed by atoms with van der Waals surface area (Å²) in [4.78, 5) is 15.0. The summed E-state index contributed by atoms with van der Waals surface area (Å²) in [5.41, 5.74) is 0. The summed E-state index contributed by atoms with van der Waals surface area (Å²) in [5.74, 6) is 0.0317. The van der Waals surface area contributed by atoms with Crippen molar-refractivity contribution in [2.75, 3.05) is 19.8 Å². The minimum Gasteiger partial charge on any atom is -0.377 e. The molecule has 0 unspecified atom stereocenters. The Labute approximate surface area is 118 Å². The van der Waals surface area contributed by atoms with E-state index >= 15 is 0 Å². The number of fused-ring (bicyclic) bond motifs is 1. The fourth-order valence-corrected chi connectivity index (χ4v) is 4.66. The van der Waals surface area contributed by atoms with Gasteiger partial charge in [-0.05, 0) is 18.4 Å². The van der Waals surface area contributed by atoms with Crippen LogP contribution in [0.15, 0.2) is 11.4 Å². The van der Waals surface area contributed by atoms with Crippen molar-refractivity contribution in [3.8, 4) is 0 Å². The molecule has 1 aliphatic rings. The normalized spacial score (nSPS) is 20.6. The number of rotatable bonds is 1. The zero-order valence-corrected chi connectivity index (χ0v) is 12.2. The number of morpholine rings is 1. The zero-order chi connectivity index (χ0) is 12.7. The minimum atomic E-state index is 0.0317. The van der Waals surface area contributed by atoms with Crippen LogP contribution in [0.3, 0.4) is 0 Å². The highest BCUT2D eigenvalue weighted by atomic mass is 35.5. The monoisotopic (exact) mass is 301 g/mol. The van der Waals surface area contributed by atoms with E-state index in [0.29, 0.717) is 29.7 Å². The van der Waals surface area contributed by atoms with Gasteiger partial charge in [-0.1, -0.05) is 11.6 Å². The molecule has 0 N–H and O–H groups in total. The van der Waals surface area contributed by atoms with Crippen LogP contribution in [0.1, 0.15) is 16.6 Å². The van der Waals surface area contributed by atoms with Crippen LogP contribution in [0.2, 0.25) is 5.02 Å². The Morgan fingerprint density at radius 1 is 1.61 bits per heavy atom. The predicted octanol–water partition coefficient (Wildman–Crippen LogP) is 3.48. The summed E-state index contributed by atoms with van der Waals surface area (Å²) in [6.45, 7) is 3.85. The number of carbonyl (C=O) groups excluding carboxylic acids is 1. The van der Waals surface area contributed by atoms with E-state index in [2.05, 4.69) is 0 Å². The highest BCUT2D eigenvalue weighted by molar-refractivity contribution is 7.38. The van der Waals surface area contributed by atoms with Gasteiger partial charge in [-0.25, -0.2) is 0 Å². The molecule has 3 heterocycles. The van der Waals surface area contributed by atoms with Crippen LogP contribution < -0.4 is 0 Å². The largest absolute Gasteiger partial charge is 0.377 e. The first kappa shape index (κ1) is 12.4. The van der Waals surface area contributed by atoms with Crippen molar-refractivity contribution in [3.63, 3.8) is 0 Å². The quantitative estimate of drug-likeness (QED) is 0.807. The van der Waals surface area contributed by atoms with Crippen LogP contribution >= 0.6 is 34.3 Å². The number of ether oxygens (including phenoxy) is 1. The van der Waals surface area contributed by atoms with Crippen molar-refractivity contribution in [2.45, 2.75) is 13.0 Å². The van der Waals surface area contributed by atoms with Crippen LogP contribution in [0, 0.1) is 0 Å². The van der Waals surface area contributed by atoms with Gasteiger partial charge in [-0.3, -0.25) is 4.79 Å². The number of nitrogens with zero attached hydrogens (tertiary/aromatic N) is 1. The molecule has 0 radical (unpaired) electrons. The molecule has 1 fully saturated rings. The van der Waals surface area contributed by atoms with Crippen molar-refractivity contribution in [2.24, 2.45) is 0 Å². The number of carbonyl (C=O) groups is 1. The lowest BCUT2D eigenvalue weighted by atomic mass is 10.2. The third kappa shape index (κ3) is 1.95. The minimum absolute atomic E-state index is 0.0317. The van der Waals surface area contributed by atoms with Gasteiger partial charge >= 0.3 is 0 Å². The van der Waals surface area contributed by atoms with Gasteiger partial charge in [-0.2, -0.15) is 0 Å². The molecule has 1 atom stereocenters. The van der Waals surface area contributed by atoms with E-state index in [1.807, 2.05) is 23.3 Å². The lowest BCUT2D eigenvalue weighted by Crippen LogP contribution is -2.46. The van der Waals surface area contributed by atoms with Gasteiger partial charge in [0.2, 0.25) is 0 Å². The van der Waals surface area contributed by atoms with Gasteiger partial charge in [0.15, 0.2) is 0 Å². The number of hydrogen-bond donors (Lipinski definition) is 0. The van der Waals surface area contributed by atoms with E-state index < -0.39 is 0 Å². The number of hydrogen-bond acceptors (Lipinski definition) is 4. The van der Waals surface area contributed by atoms with Crippen molar-refractivity contribution in [1.82, 2.24) is 4.90 Å². The topological polar surface area (TPSA) is 29.5 Å². The molecule has 0 aliphatic carbocycles. The van der Waals surface area contributed by atoms with E-state index in [1.165, 1.54) is 11.3 Å². The van der Waals surface area contributed by atoms with Gasteiger partial charge in [0.25, 0.3) is 5.91 Å². The molecule has 3 rings (SSSR count). The van der Waals surface area contributed by atoms with Gasteiger partial charge in [0.1, 0.15) is 4.88 Å². The fraction of sp³-hybridized carbons (Fsp3) is 0.417. The van der Waals surface area contributed by atoms with E-state index in [4.69, 9.17) is 16.3 Å². The van der Waals surface area contributed by atoms with Gasteiger partial charge in [0, 0.05) is 11.9 Å². The van der Waals surface area contributed by atoms with E-state index in [0.717, 1.165) is 9.40 Å². The molecular weight excluding hydrogens is 290 g/mol. The molecular formula is C12H12ClNO2S2. The summed E-state index contributed by atoms with van der Waals surface area (Å²) < 4.78 is 6.47. The SMILES string of the molecule is C[C@@H]1COCCN1C(=O)c1sc2sccc2c1Cl. The molecule has 2 aromatic rings. The van der Waals surface area contributed by atoms with E-state index in [1.54, 1.807) is 11.3 Å². The van der Waals surface area contributed by atoms with Crippen LogP contribution in [0.4, 0.5) is 0 Å². The zero-order valence-electron chi connectivity index (χ0n) is 9.81. The molecule has 1 aliphatic heterocycles. The van der Waals surface area contributed by atoms with Crippen molar-refractivity contribution in [1.29, 1.82) is 0 Å². The van der Waals surface area contributed by atoms with Crippen molar-refractivity contribution in [3.05, 3.63) is 21.3 Å². The third-order valence-corrected chi connectivity index (χ3v) is 5.82. The highest BCUT2D eigenvalue weighted by Gasteiger charge is 2.28. The Balaban J connectivity index is 1.95. The Hall–Kier alpha value is -0.620. The second-order valence-corrected chi connectivity index (χ2v) is 6.86. The molecule has 0 saturated carbocycles. The number of halogens is 1. The standard InChI is InChI=1S/C12H12ClNO2S2/c1-7-6-16-4-3-14(7)11(15)10-9(13)8-2-5-17-12(8)18-10/h2,5,7H,3-4,6H2,1H3/t7-/m1/s1. The molecule has 1 saturated heterocycles. The van der Waals surface area contributed by atoms with Crippen LogP contribution in [0.5, 0.6) is 0 Å². The molecule has 0 aromatic carbocycles. The van der Waals surface area contributed by atoms with Gasteiger partial charge < -0.3 is 9.64 Å². The Kier molecular flexibility index (Phi) is 3.32. The van der Waals surface area contributed by atoms with Crippen LogP contribution in [-0.2, 0) is 4.74 Å². The first-order valence-corrected chi connectivity index (χ1v) is 7.80. The average Bonchev–Trinajstić information content (AvgIpc) is 2.93. The molecule has 18 heavy (non-hydrogen) atoms. The van der Waals surface area contributed by atoms with E-state index in [-0.39, 0.29) is 11.9 Å². The number of amides is 1. The van der Waals surface area contributed by atoms with Crippen LogP contribution in [0.25, 0.3) is 9.40 Å². The summed E-state index contributed by atoms with van der Waals surface area (Å²) in [7, 11) is 0. The Bertz CT molecular complexity index is 592. The summed E-state index contributed by atoms with van der Waals surface area (Å²) >= 11 is 9.41. The maximum absolute atomic E-state index is 12.5. The molecule has 1 amide bonds. The first-order valence-electron chi connectivity index (χ1n) is 5.72. The van der Waals surface area contributed by atoms with Gasteiger partial charge in [0.05, 0.1) is 28.3 Å². The molecule has 0 spiro atoms. The van der Waals surface area contributed by atoms with Crippen molar-refractivity contribution < 1.29 is 9.53 Å². The molecule has 2 aromatic heterocycles. The van der Waals surface area contributed by atoms with Crippen molar-refractivity contribution >= 4 is 49.6 Å². The Morgan fingerprint density at radius 2 is 2.44 bits per heavy atom. The summed E-state index contributed by atoms with van der Waals surface area (Å²) in [6.07, 6.45) is 0.